The van der Waals surface area contributed by atoms with Crippen molar-refractivity contribution in [1.82, 2.24) is 0 Å². The summed E-state index contributed by atoms with van der Waals surface area (Å²) in [7, 11) is 0. The first kappa shape index (κ1) is 11.8. The molecule has 1 rings (SSSR count). The van der Waals surface area contributed by atoms with Crippen LogP contribution in [0.3, 0.4) is 0 Å². The largest absolute Gasteiger partial charge is 0.490 e. The van der Waals surface area contributed by atoms with Gasteiger partial charge in [0.15, 0.2) is 6.10 Å². The van der Waals surface area contributed by atoms with Gasteiger partial charge in [0, 0.05) is 5.02 Å². The van der Waals surface area contributed by atoms with Gasteiger partial charge in [-0.1, -0.05) is 11.6 Å². The van der Waals surface area contributed by atoms with E-state index in [2.05, 4.69) is 0 Å². The van der Waals surface area contributed by atoms with Gasteiger partial charge in [-0.25, -0.2) is 4.79 Å². The summed E-state index contributed by atoms with van der Waals surface area (Å²) < 4.78 is 5.08. The molecule has 0 aliphatic heterocycles. The standard InChI is InChI=1S/C10H11ClO4/c1-6-4-7(2-3-8(6)11)15-5-9(12)10(13)14/h2-4,9,12H,5H2,1H3,(H,13,14). The minimum absolute atomic E-state index is 0.281. The van der Waals surface area contributed by atoms with Crippen LogP contribution in [0.5, 0.6) is 5.75 Å². The smallest absolute Gasteiger partial charge is 0.336 e. The van der Waals surface area contributed by atoms with Crippen molar-refractivity contribution < 1.29 is 19.7 Å². The molecule has 0 aromatic heterocycles. The maximum absolute atomic E-state index is 10.3. The van der Waals surface area contributed by atoms with Crippen LogP contribution in [0.1, 0.15) is 5.56 Å². The van der Waals surface area contributed by atoms with Gasteiger partial charge in [-0.05, 0) is 30.7 Å². The van der Waals surface area contributed by atoms with Crippen molar-refractivity contribution in [2.45, 2.75) is 13.0 Å². The molecule has 0 heterocycles. The Kier molecular flexibility index (Phi) is 3.94. The lowest BCUT2D eigenvalue weighted by Gasteiger charge is -2.09. The first-order valence-corrected chi connectivity index (χ1v) is 4.68. The van der Waals surface area contributed by atoms with Gasteiger partial charge in [0.2, 0.25) is 0 Å². The Labute approximate surface area is 92.1 Å². The first-order valence-electron chi connectivity index (χ1n) is 4.30. The van der Waals surface area contributed by atoms with Gasteiger partial charge in [0.25, 0.3) is 0 Å². The Morgan fingerprint density at radius 1 is 1.60 bits per heavy atom. The Morgan fingerprint density at radius 3 is 2.80 bits per heavy atom. The van der Waals surface area contributed by atoms with Gasteiger partial charge in [-0.3, -0.25) is 0 Å². The van der Waals surface area contributed by atoms with Crippen LogP contribution >= 0.6 is 11.6 Å². The summed E-state index contributed by atoms with van der Waals surface area (Å²) in [5.41, 5.74) is 0.832. The third-order valence-electron chi connectivity index (χ3n) is 1.82. The number of ether oxygens (including phenoxy) is 1. The number of aryl methyl sites for hydroxylation is 1. The highest BCUT2D eigenvalue weighted by molar-refractivity contribution is 6.31. The molecule has 0 aliphatic carbocycles. The minimum Gasteiger partial charge on any atom is -0.490 e. The highest BCUT2D eigenvalue weighted by Crippen LogP contribution is 2.20. The number of rotatable bonds is 4. The predicted octanol–water partition coefficient (Wildman–Crippen LogP) is 1.47. The monoisotopic (exact) mass is 230 g/mol. The van der Waals surface area contributed by atoms with E-state index in [0.29, 0.717) is 10.8 Å². The molecule has 0 aliphatic rings. The summed E-state index contributed by atoms with van der Waals surface area (Å²) >= 11 is 5.79. The van der Waals surface area contributed by atoms with Crippen molar-refractivity contribution in [1.29, 1.82) is 0 Å². The van der Waals surface area contributed by atoms with Crippen molar-refractivity contribution in [2.75, 3.05) is 6.61 Å². The van der Waals surface area contributed by atoms with Crippen LogP contribution in [0.25, 0.3) is 0 Å². The van der Waals surface area contributed by atoms with Crippen molar-refractivity contribution in [3.05, 3.63) is 28.8 Å². The molecule has 82 valence electrons. The Balaban J connectivity index is 2.58. The molecular formula is C10H11ClO4. The number of halogens is 1. The number of hydrogen-bond acceptors (Lipinski definition) is 3. The van der Waals surface area contributed by atoms with Crippen molar-refractivity contribution in [3.63, 3.8) is 0 Å². The van der Waals surface area contributed by atoms with E-state index in [-0.39, 0.29) is 6.61 Å². The molecule has 2 N–H and O–H groups in total. The van der Waals surface area contributed by atoms with Crippen molar-refractivity contribution in [3.8, 4) is 5.75 Å². The number of aliphatic hydroxyl groups is 1. The maximum atomic E-state index is 10.3. The molecule has 0 saturated carbocycles. The van der Waals surface area contributed by atoms with Gasteiger partial charge in [-0.2, -0.15) is 0 Å². The van der Waals surface area contributed by atoms with Gasteiger partial charge in [0.05, 0.1) is 0 Å². The van der Waals surface area contributed by atoms with Gasteiger partial charge in [-0.15, -0.1) is 0 Å². The molecule has 0 bridgehead atoms. The summed E-state index contributed by atoms with van der Waals surface area (Å²) in [4.78, 5) is 10.3. The van der Waals surface area contributed by atoms with Crippen LogP contribution in [-0.2, 0) is 4.79 Å². The number of hydrogen-bond donors (Lipinski definition) is 2. The van der Waals surface area contributed by atoms with E-state index in [0.717, 1.165) is 5.56 Å². The quantitative estimate of drug-likeness (QED) is 0.822. The molecule has 0 saturated heterocycles. The lowest BCUT2D eigenvalue weighted by Crippen LogP contribution is -2.26. The molecule has 1 aromatic carbocycles. The second-order valence-corrected chi connectivity index (χ2v) is 3.48. The lowest BCUT2D eigenvalue weighted by molar-refractivity contribution is -0.148. The van der Waals surface area contributed by atoms with Crippen LogP contribution in [0.2, 0.25) is 5.02 Å². The normalized spacial score (nSPS) is 12.2. The zero-order chi connectivity index (χ0) is 11.4. The summed E-state index contributed by atoms with van der Waals surface area (Å²) in [6.07, 6.45) is -1.51. The van der Waals surface area contributed by atoms with E-state index < -0.39 is 12.1 Å². The molecule has 5 heteroatoms. The minimum atomic E-state index is -1.51. The van der Waals surface area contributed by atoms with Gasteiger partial charge in [0.1, 0.15) is 12.4 Å². The molecule has 1 unspecified atom stereocenters. The zero-order valence-electron chi connectivity index (χ0n) is 8.11. The average Bonchev–Trinajstić information content (AvgIpc) is 2.19. The molecule has 0 amide bonds. The Morgan fingerprint density at radius 2 is 2.27 bits per heavy atom. The highest BCUT2D eigenvalue weighted by Gasteiger charge is 2.13. The zero-order valence-corrected chi connectivity index (χ0v) is 8.86. The summed E-state index contributed by atoms with van der Waals surface area (Å²) in [6.45, 7) is 1.53. The molecule has 1 atom stereocenters. The van der Waals surface area contributed by atoms with Crippen molar-refractivity contribution >= 4 is 17.6 Å². The second kappa shape index (κ2) is 5.00. The van der Waals surface area contributed by atoms with E-state index in [9.17, 15) is 4.79 Å². The number of carboxylic acid groups (broad SMARTS) is 1. The fourth-order valence-corrected chi connectivity index (χ4v) is 1.07. The van der Waals surface area contributed by atoms with E-state index >= 15 is 0 Å². The van der Waals surface area contributed by atoms with Crippen LogP contribution in [-0.4, -0.2) is 28.9 Å². The van der Waals surface area contributed by atoms with Gasteiger partial charge >= 0.3 is 5.97 Å². The fourth-order valence-electron chi connectivity index (χ4n) is 0.953. The van der Waals surface area contributed by atoms with Crippen molar-refractivity contribution in [2.24, 2.45) is 0 Å². The molecule has 4 nitrogen and oxygen atoms in total. The SMILES string of the molecule is Cc1cc(OCC(O)C(=O)O)ccc1Cl. The highest BCUT2D eigenvalue weighted by atomic mass is 35.5. The average molecular weight is 231 g/mol. The lowest BCUT2D eigenvalue weighted by atomic mass is 10.2. The summed E-state index contributed by atoms with van der Waals surface area (Å²) in [5.74, 6) is -0.821. The number of aliphatic carboxylic acids is 1. The second-order valence-electron chi connectivity index (χ2n) is 3.08. The maximum Gasteiger partial charge on any atom is 0.336 e. The molecule has 0 radical (unpaired) electrons. The molecule has 0 fully saturated rings. The van der Waals surface area contributed by atoms with Gasteiger partial charge < -0.3 is 14.9 Å². The third-order valence-corrected chi connectivity index (χ3v) is 2.25. The number of carbonyl (C=O) groups is 1. The van der Waals surface area contributed by atoms with Crippen LogP contribution < -0.4 is 4.74 Å². The molecule has 15 heavy (non-hydrogen) atoms. The summed E-state index contributed by atoms with van der Waals surface area (Å²) in [6, 6.07) is 4.94. The van der Waals surface area contributed by atoms with E-state index in [1.165, 1.54) is 0 Å². The molecule has 1 aromatic rings. The van der Waals surface area contributed by atoms with Crippen LogP contribution in [0.15, 0.2) is 18.2 Å². The number of aliphatic hydroxyl groups excluding tert-OH is 1. The Hall–Kier alpha value is -1.26. The number of carboxylic acids is 1. The first-order chi connectivity index (χ1) is 7.00. The van der Waals surface area contributed by atoms with Crippen LogP contribution in [0, 0.1) is 6.92 Å². The fraction of sp³-hybridized carbons (Fsp3) is 0.300. The Bertz CT molecular complexity index is 364. The van der Waals surface area contributed by atoms with E-state index in [1.807, 2.05) is 6.92 Å². The molecule has 0 spiro atoms. The topological polar surface area (TPSA) is 66.8 Å². The van der Waals surface area contributed by atoms with E-state index in [4.69, 9.17) is 26.6 Å². The number of benzene rings is 1. The summed E-state index contributed by atoms with van der Waals surface area (Å²) in [5, 5.41) is 18.0. The molecular weight excluding hydrogens is 220 g/mol. The van der Waals surface area contributed by atoms with Crippen LogP contribution in [0.4, 0.5) is 0 Å². The third kappa shape index (κ3) is 3.42. The van der Waals surface area contributed by atoms with E-state index in [1.54, 1.807) is 18.2 Å². The predicted molar refractivity (Wildman–Crippen MR) is 55.3 cm³/mol.